The van der Waals surface area contributed by atoms with Gasteiger partial charge in [0.1, 0.15) is 47.9 Å². The Bertz CT molecular complexity index is 1820. The normalized spacial score (nSPS) is 29.1. The Balaban J connectivity index is 0.00000338. The summed E-state index contributed by atoms with van der Waals surface area (Å²) in [5, 5.41) is 31.4. The van der Waals surface area contributed by atoms with E-state index < -0.39 is 91.7 Å². The second-order valence-corrected chi connectivity index (χ2v) is 14.4. The second kappa shape index (κ2) is 16.4. The van der Waals surface area contributed by atoms with Crippen LogP contribution in [0, 0.1) is 0 Å². The molecule has 0 aromatic carbocycles. The maximum absolute atomic E-state index is 12.4. The van der Waals surface area contributed by atoms with Crippen molar-refractivity contribution in [2.24, 2.45) is 5.73 Å². The van der Waals surface area contributed by atoms with Gasteiger partial charge in [-0.15, -0.1) is 0 Å². The fourth-order valence-corrected chi connectivity index (χ4v) is 7.38. The number of anilines is 1. The Morgan fingerprint density at radius 3 is 2.22 bits per heavy atom. The second-order valence-electron chi connectivity index (χ2n) is 10.2. The molecule has 3 aromatic rings. The Hall–Kier alpha value is -1.86. The summed E-state index contributed by atoms with van der Waals surface area (Å²) in [4.78, 5) is 66.6. The predicted octanol–water partition coefficient (Wildman–Crippen LogP) is -6.52. The monoisotopic (exact) mass is 781 g/mol. The number of aromatic nitrogens is 5. The fraction of sp³-hybridized carbons (Fsp3) is 0.500. The van der Waals surface area contributed by atoms with Crippen LogP contribution in [0.5, 0.6) is 0 Å². The molecule has 0 bridgehead atoms. The van der Waals surface area contributed by atoms with E-state index in [0.717, 1.165) is 17.2 Å². The topological polar surface area (TPSA) is 370 Å². The van der Waals surface area contributed by atoms with Crippen molar-refractivity contribution in [3.8, 4) is 0 Å². The zero-order chi connectivity index (χ0) is 35.2. The van der Waals surface area contributed by atoms with Gasteiger partial charge in [-0.3, -0.25) is 23.0 Å². The molecule has 50 heavy (non-hydrogen) atoms. The number of phosphoric ester groups is 3. The van der Waals surface area contributed by atoms with Crippen molar-refractivity contribution in [2.45, 2.75) is 56.5 Å². The van der Waals surface area contributed by atoms with E-state index in [0.29, 0.717) is 0 Å². The third kappa shape index (κ3) is 9.76. The molecule has 2 saturated heterocycles. The first-order valence-electron chi connectivity index (χ1n) is 13.3. The van der Waals surface area contributed by atoms with Crippen LogP contribution in [0.2, 0.25) is 0 Å². The SMILES string of the molecule is C.NC(=O)c1ccc[n+](C2OC(COP(=O)([O-])OP(=O)([O-])OCC3OC(n4cnc5c(N)ncnc54)C(OP(=O)(O)O)C3O)C(O)C2O)c1.[Na+]. The van der Waals surface area contributed by atoms with Crippen LogP contribution in [0.15, 0.2) is 37.2 Å². The number of amides is 1. The number of ether oxygens (including phenoxy) is 2. The van der Waals surface area contributed by atoms with Gasteiger partial charge in [0, 0.05) is 6.07 Å². The zero-order valence-corrected chi connectivity index (χ0v) is 29.5. The Morgan fingerprint density at radius 2 is 1.62 bits per heavy atom. The van der Waals surface area contributed by atoms with E-state index in [2.05, 4.69) is 32.8 Å². The summed E-state index contributed by atoms with van der Waals surface area (Å²) in [7, 11) is -16.9. The van der Waals surface area contributed by atoms with Gasteiger partial charge >= 0.3 is 37.4 Å². The maximum Gasteiger partial charge on any atom is 1.00 e. The molecule has 0 radical (unpaired) electrons. The number of nitrogen functional groups attached to an aromatic ring is 1. The number of carbonyl (C=O) groups is 1. The van der Waals surface area contributed by atoms with Crippen LogP contribution < -0.4 is 55.4 Å². The molecular weight excluding hydrogens is 750 g/mol. The number of nitrogens with two attached hydrogens (primary N) is 2. The maximum atomic E-state index is 12.4. The van der Waals surface area contributed by atoms with Gasteiger partial charge in [-0.1, -0.05) is 7.43 Å². The van der Waals surface area contributed by atoms with E-state index in [1.54, 1.807) is 0 Å². The van der Waals surface area contributed by atoms with Crippen molar-refractivity contribution >= 4 is 46.4 Å². The minimum Gasteiger partial charge on any atom is -0.756 e. The molecule has 5 heterocycles. The summed E-state index contributed by atoms with van der Waals surface area (Å²) in [6, 6.07) is 2.76. The molecule has 3 aromatic heterocycles. The van der Waals surface area contributed by atoms with E-state index in [1.165, 1.54) is 29.1 Å². The molecule has 2 aliphatic heterocycles. The van der Waals surface area contributed by atoms with E-state index in [4.69, 9.17) is 20.9 Å². The average Bonchev–Trinajstić information content (AvgIpc) is 3.64. The number of primary amides is 1. The van der Waals surface area contributed by atoms with Crippen molar-refractivity contribution in [3.05, 3.63) is 42.7 Å². The zero-order valence-electron chi connectivity index (χ0n) is 24.9. The molecule has 1 amide bonds. The Kier molecular flexibility index (Phi) is 14.0. The standard InChI is InChI=1S/C21H28N7O17P3.CH4.Na/c22-17-12-19(25-7-24-17)28(8-26-12)21-16(44-46(33,34)35)14(30)11(43-21)6-41-48(38,39)45-47(36,37)40-5-10-13(29)15(31)20(42-10)27-3-1-2-9(4-27)18(23)32;;/h1-4,7-8,10-11,13-16,20-21,29-31H,5-6H2,(H7-,22,23,24,25,32,33,34,35,36,37,38,39);1H4;/q;;+1/p-1. The van der Waals surface area contributed by atoms with Gasteiger partial charge in [0.2, 0.25) is 0 Å². The molecule has 10 atom stereocenters. The summed E-state index contributed by atoms with van der Waals surface area (Å²) >= 11 is 0. The molecule has 9 N–H and O–H groups in total. The molecule has 28 heteroatoms. The molecule has 5 rings (SSSR count). The molecule has 24 nitrogen and oxygen atoms in total. The summed E-state index contributed by atoms with van der Waals surface area (Å²) < 4.78 is 67.4. The summed E-state index contributed by atoms with van der Waals surface area (Å²) in [5.74, 6) is -0.876. The first kappa shape index (κ1) is 42.6. The van der Waals surface area contributed by atoms with Gasteiger partial charge < -0.3 is 64.9 Å². The van der Waals surface area contributed by atoms with Gasteiger partial charge in [0.25, 0.3) is 27.8 Å². The molecule has 0 saturated carbocycles. The summed E-state index contributed by atoms with van der Waals surface area (Å²) in [5.41, 5.74) is 11.0. The van der Waals surface area contributed by atoms with Crippen LogP contribution in [0.4, 0.5) is 5.82 Å². The third-order valence-corrected chi connectivity index (χ3v) is 10.0. The van der Waals surface area contributed by atoms with Crippen LogP contribution >= 0.6 is 23.5 Å². The van der Waals surface area contributed by atoms with Gasteiger partial charge in [-0.25, -0.2) is 23.8 Å². The number of rotatable bonds is 13. The molecular formula is C22H31N7NaO17P3. The number of imidazole rings is 1. The van der Waals surface area contributed by atoms with Gasteiger partial charge in [-0.05, 0) is 6.07 Å². The fourth-order valence-electron chi connectivity index (χ4n) is 4.82. The van der Waals surface area contributed by atoms with Gasteiger partial charge in [0.15, 0.2) is 36.2 Å². The number of aliphatic hydroxyl groups is 3. The molecule has 272 valence electrons. The number of pyridine rings is 1. The minimum absolute atomic E-state index is 0. The Morgan fingerprint density at radius 1 is 1.00 bits per heavy atom. The predicted molar refractivity (Wildman–Crippen MR) is 153 cm³/mol. The third-order valence-electron chi connectivity index (χ3n) is 6.96. The van der Waals surface area contributed by atoms with Crippen molar-refractivity contribution in [1.82, 2.24) is 19.5 Å². The summed E-state index contributed by atoms with van der Waals surface area (Å²) in [6.07, 6.45) is -8.80. The van der Waals surface area contributed by atoms with Crippen LogP contribution in [0.25, 0.3) is 11.2 Å². The molecule has 2 fully saturated rings. The van der Waals surface area contributed by atoms with Gasteiger partial charge in [0.05, 0.1) is 19.5 Å². The van der Waals surface area contributed by atoms with E-state index in [9.17, 15) is 53.4 Å². The quantitative estimate of drug-likeness (QED) is 0.0481. The van der Waals surface area contributed by atoms with Crippen molar-refractivity contribution in [1.29, 1.82) is 0 Å². The van der Waals surface area contributed by atoms with Crippen molar-refractivity contribution in [3.63, 3.8) is 0 Å². The first-order valence-corrected chi connectivity index (χ1v) is 17.8. The largest absolute Gasteiger partial charge is 1.00 e. The van der Waals surface area contributed by atoms with Crippen molar-refractivity contribution < 1.29 is 115 Å². The number of hydrogen-bond acceptors (Lipinski definition) is 19. The molecule has 10 unspecified atom stereocenters. The number of nitrogens with zero attached hydrogens (tertiary/aromatic N) is 5. The molecule has 0 aliphatic carbocycles. The smallest absolute Gasteiger partial charge is 0.756 e. The van der Waals surface area contributed by atoms with Crippen molar-refractivity contribution in [2.75, 3.05) is 18.9 Å². The average molecular weight is 781 g/mol. The molecule has 0 spiro atoms. The van der Waals surface area contributed by atoms with Crippen LogP contribution in [0.3, 0.4) is 0 Å². The van der Waals surface area contributed by atoms with Crippen LogP contribution in [0.1, 0.15) is 30.2 Å². The number of hydrogen-bond donors (Lipinski definition) is 7. The van der Waals surface area contributed by atoms with Crippen LogP contribution in [-0.4, -0.2) is 100 Å². The summed E-state index contributed by atoms with van der Waals surface area (Å²) in [6.45, 7) is -2.21. The van der Waals surface area contributed by atoms with E-state index >= 15 is 0 Å². The minimum atomic E-state index is -5.84. The Labute approximate surface area is 303 Å². The van der Waals surface area contributed by atoms with E-state index in [-0.39, 0.29) is 59.5 Å². The van der Waals surface area contributed by atoms with Crippen LogP contribution in [-0.2, 0) is 41.1 Å². The molecule has 2 aliphatic rings. The van der Waals surface area contributed by atoms with Gasteiger partial charge in [-0.2, -0.15) is 4.57 Å². The number of fused-ring (bicyclic) bond motifs is 1. The number of phosphoric acid groups is 3. The number of carbonyl (C=O) groups excluding carboxylic acids is 1. The first-order chi connectivity index (χ1) is 22.4. The number of aliphatic hydroxyl groups excluding tert-OH is 3. The van der Waals surface area contributed by atoms with E-state index in [1.807, 2.05) is 0 Å².